The van der Waals surface area contributed by atoms with E-state index in [1.807, 2.05) is 13.0 Å². The van der Waals surface area contributed by atoms with Gasteiger partial charge >= 0.3 is 5.97 Å². The molecule has 0 radical (unpaired) electrons. The molecule has 0 aromatic heterocycles. The molecule has 128 valence electrons. The molecule has 0 atom stereocenters. The lowest BCUT2D eigenvalue weighted by Crippen LogP contribution is -2.03. The van der Waals surface area contributed by atoms with Crippen LogP contribution in [0.25, 0.3) is 0 Å². The molecule has 0 bridgehead atoms. The van der Waals surface area contributed by atoms with Crippen LogP contribution >= 0.6 is 23.2 Å². The molecule has 2 aromatic rings. The van der Waals surface area contributed by atoms with E-state index in [9.17, 15) is 9.59 Å². The number of aryl methyl sites for hydroxylation is 1. The summed E-state index contributed by atoms with van der Waals surface area (Å²) < 4.78 is 0. The van der Waals surface area contributed by atoms with Crippen LogP contribution in [0.1, 0.15) is 38.8 Å². The quantitative estimate of drug-likeness (QED) is 0.785. The molecular formula is C18H19Cl2NO3. The van der Waals surface area contributed by atoms with E-state index in [2.05, 4.69) is 0 Å². The van der Waals surface area contributed by atoms with Crippen molar-refractivity contribution in [1.82, 2.24) is 0 Å². The first-order valence-electron chi connectivity index (χ1n) is 7.25. The van der Waals surface area contributed by atoms with Gasteiger partial charge in [0.25, 0.3) is 0 Å². The average Bonchev–Trinajstić information content (AvgIpc) is 2.52. The molecule has 0 aliphatic rings. The van der Waals surface area contributed by atoms with Crippen LogP contribution in [0.4, 0.5) is 0 Å². The highest BCUT2D eigenvalue weighted by atomic mass is 35.5. The van der Waals surface area contributed by atoms with Crippen molar-refractivity contribution in [2.45, 2.75) is 20.3 Å². The summed E-state index contributed by atoms with van der Waals surface area (Å²) in [6, 6.07) is 9.98. The van der Waals surface area contributed by atoms with Crippen LogP contribution in [0.5, 0.6) is 0 Å². The predicted molar refractivity (Wildman–Crippen MR) is 97.4 cm³/mol. The Morgan fingerprint density at radius 1 is 1.04 bits per heavy atom. The minimum atomic E-state index is -0.952. The summed E-state index contributed by atoms with van der Waals surface area (Å²) >= 11 is 11.6. The maximum atomic E-state index is 11.0. The number of nitrogens with two attached hydrogens (primary N) is 1. The zero-order valence-electron chi connectivity index (χ0n) is 13.5. The van der Waals surface area contributed by atoms with Crippen LogP contribution < -0.4 is 5.73 Å². The Balaban J connectivity index is 0.000000243. The van der Waals surface area contributed by atoms with Crippen molar-refractivity contribution in [3.8, 4) is 0 Å². The Bertz CT molecular complexity index is 745. The summed E-state index contributed by atoms with van der Waals surface area (Å²) in [5.74, 6) is -0.923. The van der Waals surface area contributed by atoms with Gasteiger partial charge < -0.3 is 10.8 Å². The lowest BCUT2D eigenvalue weighted by atomic mass is 10.1. The van der Waals surface area contributed by atoms with E-state index in [0.717, 1.165) is 17.5 Å². The van der Waals surface area contributed by atoms with Crippen molar-refractivity contribution < 1.29 is 14.7 Å². The van der Waals surface area contributed by atoms with E-state index in [1.165, 1.54) is 19.1 Å². The highest BCUT2D eigenvalue weighted by Gasteiger charge is 2.04. The fourth-order valence-corrected chi connectivity index (χ4v) is 2.31. The van der Waals surface area contributed by atoms with E-state index < -0.39 is 5.97 Å². The molecule has 24 heavy (non-hydrogen) atoms. The minimum absolute atomic E-state index is 0.0289. The Kier molecular flexibility index (Phi) is 7.92. The SMILES string of the molecule is CC(=O)c1ccc(CCN)c(Cl)c1.Cc1ccc(C(=O)O)cc1Cl. The molecule has 0 unspecified atom stereocenters. The molecule has 6 heteroatoms. The molecule has 2 aromatic carbocycles. The van der Waals surface area contributed by atoms with Crippen LogP contribution in [0.3, 0.4) is 0 Å². The monoisotopic (exact) mass is 367 g/mol. The second-order valence-electron chi connectivity index (χ2n) is 5.17. The number of carbonyl (C=O) groups excluding carboxylic acids is 1. The molecule has 2 rings (SSSR count). The number of carboxylic acid groups (broad SMARTS) is 1. The number of hydrogen-bond donors (Lipinski definition) is 2. The smallest absolute Gasteiger partial charge is 0.335 e. The van der Waals surface area contributed by atoms with Gasteiger partial charge in [-0.1, -0.05) is 41.4 Å². The molecule has 3 N–H and O–H groups in total. The summed E-state index contributed by atoms with van der Waals surface area (Å²) in [6.45, 7) is 3.92. The molecule has 0 saturated heterocycles. The third kappa shape index (κ3) is 5.96. The second-order valence-corrected chi connectivity index (χ2v) is 5.98. The molecule has 4 nitrogen and oxygen atoms in total. The number of hydrogen-bond acceptors (Lipinski definition) is 3. The van der Waals surface area contributed by atoms with Gasteiger partial charge in [0.05, 0.1) is 5.56 Å². The number of carboxylic acids is 1. The van der Waals surface area contributed by atoms with Crippen molar-refractivity contribution in [2.75, 3.05) is 6.54 Å². The van der Waals surface area contributed by atoms with Crippen LogP contribution in [0, 0.1) is 6.92 Å². The molecule has 0 aliphatic heterocycles. The first-order valence-corrected chi connectivity index (χ1v) is 8.00. The number of rotatable bonds is 4. The molecule has 0 heterocycles. The Morgan fingerprint density at radius 3 is 2.08 bits per heavy atom. The molecular weight excluding hydrogens is 349 g/mol. The van der Waals surface area contributed by atoms with Gasteiger partial charge in [-0.25, -0.2) is 4.79 Å². The largest absolute Gasteiger partial charge is 0.478 e. The molecule has 0 aliphatic carbocycles. The number of benzene rings is 2. The van der Waals surface area contributed by atoms with Crippen LogP contribution in [-0.4, -0.2) is 23.4 Å². The van der Waals surface area contributed by atoms with E-state index in [-0.39, 0.29) is 11.3 Å². The highest BCUT2D eigenvalue weighted by molar-refractivity contribution is 6.32. The lowest BCUT2D eigenvalue weighted by molar-refractivity contribution is 0.0696. The van der Waals surface area contributed by atoms with Gasteiger partial charge in [-0.05, 0) is 56.1 Å². The van der Waals surface area contributed by atoms with E-state index in [4.69, 9.17) is 34.0 Å². The first-order chi connectivity index (χ1) is 11.3. The van der Waals surface area contributed by atoms with Crippen molar-refractivity contribution in [1.29, 1.82) is 0 Å². The average molecular weight is 368 g/mol. The zero-order chi connectivity index (χ0) is 18.3. The van der Waals surface area contributed by atoms with Crippen LogP contribution in [0.15, 0.2) is 36.4 Å². The second kappa shape index (κ2) is 9.42. The van der Waals surface area contributed by atoms with Crippen molar-refractivity contribution in [3.63, 3.8) is 0 Å². The van der Waals surface area contributed by atoms with Crippen molar-refractivity contribution in [2.24, 2.45) is 5.73 Å². The van der Waals surface area contributed by atoms with Crippen molar-refractivity contribution >= 4 is 35.0 Å². The number of aromatic carboxylic acids is 1. The fraction of sp³-hybridized carbons (Fsp3) is 0.222. The third-order valence-corrected chi connectivity index (χ3v) is 4.05. The maximum Gasteiger partial charge on any atom is 0.335 e. The van der Waals surface area contributed by atoms with E-state index >= 15 is 0 Å². The Labute approximate surface area is 151 Å². The number of halogens is 2. The van der Waals surface area contributed by atoms with E-state index in [1.54, 1.807) is 18.2 Å². The summed E-state index contributed by atoms with van der Waals surface area (Å²) in [7, 11) is 0. The van der Waals surface area contributed by atoms with Gasteiger partial charge in [-0.3, -0.25) is 4.79 Å². The topological polar surface area (TPSA) is 80.4 Å². The Morgan fingerprint density at radius 2 is 1.62 bits per heavy atom. The molecule has 0 amide bonds. The summed E-state index contributed by atoms with van der Waals surface area (Å²) in [5, 5.41) is 9.66. The number of ketones is 1. The molecule has 0 saturated carbocycles. The molecule has 0 fully saturated rings. The van der Waals surface area contributed by atoms with Gasteiger partial charge in [0.2, 0.25) is 0 Å². The zero-order valence-corrected chi connectivity index (χ0v) is 15.0. The third-order valence-electron chi connectivity index (χ3n) is 3.29. The van der Waals surface area contributed by atoms with Gasteiger partial charge in [-0.15, -0.1) is 0 Å². The van der Waals surface area contributed by atoms with Gasteiger partial charge in [0.1, 0.15) is 0 Å². The van der Waals surface area contributed by atoms with Crippen molar-refractivity contribution in [3.05, 3.63) is 68.7 Å². The maximum absolute atomic E-state index is 11.0. The lowest BCUT2D eigenvalue weighted by Gasteiger charge is -2.03. The number of carbonyl (C=O) groups is 2. The highest BCUT2D eigenvalue weighted by Crippen LogP contribution is 2.18. The summed E-state index contributed by atoms with van der Waals surface area (Å²) in [5.41, 5.74) is 8.15. The standard InChI is InChI=1S/C10H12ClNO.C8H7ClO2/c1-7(13)9-3-2-8(4-5-12)10(11)6-9;1-5-2-3-6(8(10)11)4-7(5)9/h2-3,6H,4-5,12H2,1H3;2-4H,1H3,(H,10,11). The number of Topliss-reactive ketones (excluding diaryl/α,β-unsaturated/α-hetero) is 1. The summed E-state index contributed by atoms with van der Waals surface area (Å²) in [4.78, 5) is 21.4. The first kappa shape index (κ1) is 20.2. The summed E-state index contributed by atoms with van der Waals surface area (Å²) in [6.07, 6.45) is 0.747. The Hall–Kier alpha value is -1.88. The van der Waals surface area contributed by atoms with Gasteiger partial charge in [0.15, 0.2) is 5.78 Å². The van der Waals surface area contributed by atoms with E-state index in [0.29, 0.717) is 22.2 Å². The van der Waals surface area contributed by atoms with Crippen LogP contribution in [0.2, 0.25) is 10.0 Å². The predicted octanol–water partition coefficient (Wildman–Crippen LogP) is 4.39. The minimum Gasteiger partial charge on any atom is -0.478 e. The molecule has 0 spiro atoms. The van der Waals surface area contributed by atoms with Crippen LogP contribution in [-0.2, 0) is 6.42 Å². The fourth-order valence-electron chi connectivity index (χ4n) is 1.85. The van der Waals surface area contributed by atoms with Gasteiger partial charge in [-0.2, -0.15) is 0 Å². The van der Waals surface area contributed by atoms with Gasteiger partial charge in [0, 0.05) is 15.6 Å². The normalized spacial score (nSPS) is 9.88.